The maximum atomic E-state index is 15.6. The lowest BCUT2D eigenvalue weighted by molar-refractivity contribution is 0.153. The molecule has 3 aliphatic carbocycles. The molecule has 0 saturated heterocycles. The Morgan fingerprint density at radius 1 is 0.860 bits per heavy atom. The Hall–Kier alpha value is -4.70. The van der Waals surface area contributed by atoms with E-state index in [1.807, 2.05) is 73.7 Å². The third-order valence-electron chi connectivity index (χ3n) is 9.14. The number of benzene rings is 3. The van der Waals surface area contributed by atoms with Gasteiger partial charge in [0.15, 0.2) is 11.9 Å². The summed E-state index contributed by atoms with van der Waals surface area (Å²) in [7, 11) is 0. The average Bonchev–Trinajstić information content (AvgIpc) is 3.30. The van der Waals surface area contributed by atoms with Crippen LogP contribution in [0.25, 0.3) is 34.3 Å². The molecule has 1 aromatic heterocycles. The van der Waals surface area contributed by atoms with Gasteiger partial charge in [0, 0.05) is 45.4 Å². The van der Waals surface area contributed by atoms with Gasteiger partial charge in [-0.15, -0.1) is 0 Å². The summed E-state index contributed by atoms with van der Waals surface area (Å²) in [6.45, 7) is 1.90. The molecule has 0 saturated carbocycles. The van der Waals surface area contributed by atoms with Gasteiger partial charge in [-0.1, -0.05) is 116 Å². The molecule has 0 fully saturated rings. The van der Waals surface area contributed by atoms with Crippen LogP contribution in [0.2, 0.25) is 0 Å². The SMILES string of the molecule is CC1C=CC=C(C2C=C(c3cccc4c3OC3c5oc6ccccc6c5C=CC3C=C4)C=C(c3ccccc3F)C2)C1F. The van der Waals surface area contributed by atoms with Gasteiger partial charge in [0.25, 0.3) is 0 Å². The lowest BCUT2D eigenvalue weighted by Crippen LogP contribution is -2.23. The largest absolute Gasteiger partial charge is 0.480 e. The Morgan fingerprint density at radius 3 is 2.58 bits per heavy atom. The van der Waals surface area contributed by atoms with Crippen molar-refractivity contribution in [2.24, 2.45) is 17.8 Å². The van der Waals surface area contributed by atoms with Gasteiger partial charge in [-0.25, -0.2) is 8.78 Å². The Balaban J connectivity index is 1.26. The maximum absolute atomic E-state index is 15.6. The number of furan rings is 1. The van der Waals surface area contributed by atoms with Crippen molar-refractivity contribution in [3.05, 3.63) is 149 Å². The smallest absolute Gasteiger partial charge is 0.166 e. The van der Waals surface area contributed by atoms with Crippen LogP contribution in [0.3, 0.4) is 0 Å². The van der Waals surface area contributed by atoms with Crippen molar-refractivity contribution in [3.8, 4) is 5.75 Å². The topological polar surface area (TPSA) is 22.4 Å². The molecule has 212 valence electrons. The van der Waals surface area contributed by atoms with E-state index in [1.54, 1.807) is 12.1 Å². The van der Waals surface area contributed by atoms with Crippen molar-refractivity contribution in [1.82, 2.24) is 0 Å². The molecule has 0 spiro atoms. The number of rotatable bonds is 3. The van der Waals surface area contributed by atoms with E-state index in [2.05, 4.69) is 36.4 Å². The van der Waals surface area contributed by atoms with Gasteiger partial charge in [-0.3, -0.25) is 0 Å². The van der Waals surface area contributed by atoms with Crippen LogP contribution in [0.15, 0.2) is 119 Å². The number of para-hydroxylation sites is 2. The molecule has 2 nitrogen and oxygen atoms in total. The normalized spacial score (nSPS) is 25.6. The number of halogens is 2. The molecular weight excluding hydrogens is 538 g/mol. The number of hydrogen-bond donors (Lipinski definition) is 0. The first kappa shape index (κ1) is 26.0. The van der Waals surface area contributed by atoms with Crippen LogP contribution in [0.1, 0.15) is 47.5 Å². The highest BCUT2D eigenvalue weighted by Gasteiger charge is 2.35. The van der Waals surface area contributed by atoms with Gasteiger partial charge >= 0.3 is 0 Å². The van der Waals surface area contributed by atoms with Crippen LogP contribution < -0.4 is 4.74 Å². The van der Waals surface area contributed by atoms with Gasteiger partial charge in [-0.2, -0.15) is 0 Å². The highest BCUT2D eigenvalue weighted by molar-refractivity contribution is 5.91. The van der Waals surface area contributed by atoms with Crippen LogP contribution in [-0.2, 0) is 0 Å². The van der Waals surface area contributed by atoms with E-state index in [-0.39, 0.29) is 29.7 Å². The summed E-state index contributed by atoms with van der Waals surface area (Å²) in [5.41, 5.74) is 6.74. The monoisotopic (exact) mass is 568 g/mol. The van der Waals surface area contributed by atoms with E-state index in [1.165, 1.54) is 6.07 Å². The minimum Gasteiger partial charge on any atom is -0.480 e. The van der Waals surface area contributed by atoms with Crippen molar-refractivity contribution >= 4 is 34.3 Å². The Labute approximate surface area is 249 Å². The molecule has 5 atom stereocenters. The number of alkyl halides is 1. The van der Waals surface area contributed by atoms with Crippen LogP contribution in [0.5, 0.6) is 5.75 Å². The second-order valence-electron chi connectivity index (χ2n) is 11.8. The van der Waals surface area contributed by atoms with Crippen molar-refractivity contribution in [2.75, 3.05) is 0 Å². The van der Waals surface area contributed by atoms with Crippen LogP contribution in [0.4, 0.5) is 8.78 Å². The fraction of sp³-hybridized carbons (Fsp3) is 0.179. The molecule has 0 bridgehead atoms. The zero-order chi connectivity index (χ0) is 29.1. The number of hydrogen-bond acceptors (Lipinski definition) is 2. The van der Waals surface area contributed by atoms with E-state index in [0.29, 0.717) is 12.0 Å². The molecule has 2 heterocycles. The molecule has 8 rings (SSSR count). The minimum atomic E-state index is -1.10. The zero-order valence-electron chi connectivity index (χ0n) is 23.7. The van der Waals surface area contributed by atoms with E-state index >= 15 is 8.78 Å². The quantitative estimate of drug-likeness (QED) is 0.245. The van der Waals surface area contributed by atoms with Crippen LogP contribution in [0, 0.1) is 23.6 Å². The molecule has 4 aliphatic rings. The molecule has 3 aromatic carbocycles. The second kappa shape index (κ2) is 10.2. The Bertz CT molecular complexity index is 1950. The molecule has 0 N–H and O–H groups in total. The predicted octanol–water partition coefficient (Wildman–Crippen LogP) is 10.3. The van der Waals surface area contributed by atoms with Crippen LogP contribution >= 0.6 is 0 Å². The summed E-state index contributed by atoms with van der Waals surface area (Å²) in [6.07, 6.45) is 17.6. The third kappa shape index (κ3) is 4.36. The van der Waals surface area contributed by atoms with Crippen molar-refractivity contribution in [1.29, 1.82) is 0 Å². The molecule has 4 heteroatoms. The first-order chi connectivity index (χ1) is 21.0. The number of fused-ring (bicyclic) bond motifs is 6. The second-order valence-corrected chi connectivity index (χ2v) is 11.8. The van der Waals surface area contributed by atoms with Gasteiger partial charge in [0.05, 0.1) is 0 Å². The summed E-state index contributed by atoms with van der Waals surface area (Å²) >= 11 is 0. The molecular formula is C39H30F2O2. The number of ether oxygens (including phenoxy) is 1. The molecule has 43 heavy (non-hydrogen) atoms. The first-order valence-electron chi connectivity index (χ1n) is 14.9. The van der Waals surface area contributed by atoms with E-state index in [0.717, 1.165) is 55.9 Å². The molecule has 1 aliphatic heterocycles. The summed E-state index contributed by atoms with van der Waals surface area (Å²) in [5.74, 6) is 0.840. The van der Waals surface area contributed by atoms with Gasteiger partial charge in [0.2, 0.25) is 0 Å². The standard InChI is InChI=1S/C39H30F2O2/c1-23-8-6-12-30(36(23)41)27-20-26(29-10-2-4-14-34(29)40)21-28(22-27)31-13-7-9-24-16-17-25-18-19-33-32-11-3-5-15-35(32)42-39(33)38(25)43-37(24)31/h2-19,21-23,25,27,36,38H,20H2,1H3. The molecule has 4 aromatic rings. The van der Waals surface area contributed by atoms with Crippen molar-refractivity contribution in [3.63, 3.8) is 0 Å². The third-order valence-corrected chi connectivity index (χ3v) is 9.14. The first-order valence-corrected chi connectivity index (χ1v) is 14.9. The predicted molar refractivity (Wildman–Crippen MR) is 169 cm³/mol. The highest BCUT2D eigenvalue weighted by Crippen LogP contribution is 2.48. The van der Waals surface area contributed by atoms with Gasteiger partial charge < -0.3 is 9.15 Å². The lowest BCUT2D eigenvalue weighted by atomic mass is 9.76. The average molecular weight is 569 g/mol. The number of allylic oxidation sites excluding steroid dienone is 8. The molecule has 0 amide bonds. The summed E-state index contributed by atoms with van der Waals surface area (Å²) in [4.78, 5) is 0. The molecule has 5 unspecified atom stereocenters. The lowest BCUT2D eigenvalue weighted by Gasteiger charge is -2.30. The van der Waals surface area contributed by atoms with Gasteiger partial charge in [-0.05, 0) is 35.3 Å². The summed E-state index contributed by atoms with van der Waals surface area (Å²) in [5, 5.41) is 1.07. The minimum absolute atomic E-state index is 0.00104. The summed E-state index contributed by atoms with van der Waals surface area (Å²) in [6, 6.07) is 21.0. The van der Waals surface area contributed by atoms with E-state index in [9.17, 15) is 0 Å². The fourth-order valence-corrected chi connectivity index (χ4v) is 6.90. The van der Waals surface area contributed by atoms with E-state index in [4.69, 9.17) is 9.15 Å². The van der Waals surface area contributed by atoms with E-state index < -0.39 is 6.17 Å². The fourth-order valence-electron chi connectivity index (χ4n) is 6.90. The Morgan fingerprint density at radius 2 is 1.67 bits per heavy atom. The summed E-state index contributed by atoms with van der Waals surface area (Å²) < 4.78 is 44.1. The molecule has 0 radical (unpaired) electrons. The van der Waals surface area contributed by atoms with Crippen molar-refractivity contribution in [2.45, 2.75) is 25.6 Å². The van der Waals surface area contributed by atoms with Crippen molar-refractivity contribution < 1.29 is 17.9 Å². The Kier molecular flexibility index (Phi) is 6.18. The maximum Gasteiger partial charge on any atom is 0.166 e. The van der Waals surface area contributed by atoms with Gasteiger partial charge in [0.1, 0.15) is 23.3 Å². The zero-order valence-corrected chi connectivity index (χ0v) is 23.7. The highest BCUT2D eigenvalue weighted by atomic mass is 19.1. The van der Waals surface area contributed by atoms with Crippen LogP contribution in [-0.4, -0.2) is 6.17 Å².